The van der Waals surface area contributed by atoms with Gasteiger partial charge in [0.2, 0.25) is 0 Å². The predicted molar refractivity (Wildman–Crippen MR) is 123 cm³/mol. The average Bonchev–Trinajstić information content (AvgIpc) is 3.34. The van der Waals surface area contributed by atoms with Crippen LogP contribution >= 0.6 is 0 Å². The number of hydrogen-bond acceptors (Lipinski definition) is 10. The van der Waals surface area contributed by atoms with Gasteiger partial charge in [0, 0.05) is 38.5 Å². The van der Waals surface area contributed by atoms with E-state index in [0.717, 1.165) is 5.57 Å². The summed E-state index contributed by atoms with van der Waals surface area (Å²) in [6, 6.07) is 0. The molecule has 1 spiro atoms. The van der Waals surface area contributed by atoms with Gasteiger partial charge in [0.05, 0.1) is 6.10 Å². The maximum Gasteiger partial charge on any atom is 0.342 e. The lowest BCUT2D eigenvalue weighted by Gasteiger charge is -2.56. The summed E-state index contributed by atoms with van der Waals surface area (Å²) in [5.74, 6) is -3.47. The lowest BCUT2D eigenvalue weighted by atomic mass is 9.53. The van der Waals surface area contributed by atoms with Gasteiger partial charge in [-0.1, -0.05) is 19.4 Å². The number of esters is 4. The Morgan fingerprint density at radius 2 is 1.61 bits per heavy atom. The van der Waals surface area contributed by atoms with Crippen molar-refractivity contribution in [3.63, 3.8) is 0 Å². The molecular weight excluding hydrogens is 472 g/mol. The Balaban J connectivity index is 1.99. The van der Waals surface area contributed by atoms with Crippen LogP contribution in [0, 0.1) is 17.3 Å². The minimum absolute atomic E-state index is 0.108. The molecule has 2 heterocycles. The topological polar surface area (TPSA) is 138 Å². The summed E-state index contributed by atoms with van der Waals surface area (Å²) in [6.45, 7) is 11.0. The second kappa shape index (κ2) is 8.83. The van der Waals surface area contributed by atoms with E-state index in [1.54, 1.807) is 13.0 Å². The molecule has 2 aliphatic heterocycles. The third kappa shape index (κ3) is 3.84. The summed E-state index contributed by atoms with van der Waals surface area (Å²) in [5.41, 5.74) is -2.95. The maximum atomic E-state index is 12.9. The van der Waals surface area contributed by atoms with Crippen molar-refractivity contribution in [3.05, 3.63) is 11.6 Å². The van der Waals surface area contributed by atoms with E-state index < -0.39 is 82.8 Å². The fourth-order valence-corrected chi connectivity index (χ4v) is 6.92. The highest BCUT2D eigenvalue weighted by Crippen LogP contribution is 2.65. The van der Waals surface area contributed by atoms with Crippen LogP contribution in [0.25, 0.3) is 0 Å². The molecular formula is C26H36O10. The third-order valence-electron chi connectivity index (χ3n) is 8.75. The number of epoxide rings is 1. The molecule has 2 aliphatic carbocycles. The Bertz CT molecular complexity index is 1000. The van der Waals surface area contributed by atoms with Crippen molar-refractivity contribution in [3.8, 4) is 0 Å². The zero-order valence-electron chi connectivity index (χ0n) is 21.9. The van der Waals surface area contributed by atoms with E-state index in [0.29, 0.717) is 12.8 Å². The molecule has 10 heteroatoms. The van der Waals surface area contributed by atoms with E-state index in [1.165, 1.54) is 20.8 Å². The van der Waals surface area contributed by atoms with Crippen molar-refractivity contribution in [2.24, 2.45) is 17.3 Å². The van der Waals surface area contributed by atoms with Crippen LogP contribution in [0.4, 0.5) is 0 Å². The Kier molecular flexibility index (Phi) is 6.53. The highest BCUT2D eigenvalue weighted by Gasteiger charge is 2.87. The Morgan fingerprint density at radius 1 is 1.03 bits per heavy atom. The van der Waals surface area contributed by atoms with E-state index in [9.17, 15) is 24.3 Å². The largest absolute Gasteiger partial charge is 0.462 e. The molecule has 1 saturated carbocycles. The van der Waals surface area contributed by atoms with Crippen LogP contribution in [-0.2, 0) is 42.9 Å². The van der Waals surface area contributed by atoms with Crippen LogP contribution in [0.2, 0.25) is 0 Å². The van der Waals surface area contributed by atoms with Crippen molar-refractivity contribution >= 4 is 23.9 Å². The molecule has 10 nitrogen and oxygen atoms in total. The summed E-state index contributed by atoms with van der Waals surface area (Å²) in [6.07, 6.45) is -1.66. The first-order valence-corrected chi connectivity index (χ1v) is 12.5. The Labute approximate surface area is 210 Å². The van der Waals surface area contributed by atoms with E-state index in [4.69, 9.17) is 23.7 Å². The summed E-state index contributed by atoms with van der Waals surface area (Å²) >= 11 is 0. The zero-order valence-corrected chi connectivity index (χ0v) is 21.9. The van der Waals surface area contributed by atoms with E-state index >= 15 is 0 Å². The van der Waals surface area contributed by atoms with Crippen molar-refractivity contribution in [1.29, 1.82) is 0 Å². The fourth-order valence-electron chi connectivity index (χ4n) is 6.92. The molecule has 0 amide bonds. The van der Waals surface area contributed by atoms with E-state index in [2.05, 4.69) is 0 Å². The van der Waals surface area contributed by atoms with Crippen molar-refractivity contribution in [2.75, 3.05) is 0 Å². The van der Waals surface area contributed by atoms with E-state index in [1.807, 2.05) is 20.8 Å². The number of allylic oxidation sites excluding steroid dienone is 1. The highest BCUT2D eigenvalue weighted by atomic mass is 16.7. The summed E-state index contributed by atoms with van der Waals surface area (Å²) in [7, 11) is 0. The number of ether oxygens (including phenoxy) is 5. The van der Waals surface area contributed by atoms with Crippen LogP contribution in [0.1, 0.15) is 67.7 Å². The monoisotopic (exact) mass is 508 g/mol. The molecule has 10 atom stereocenters. The van der Waals surface area contributed by atoms with Crippen LogP contribution in [0.15, 0.2) is 11.6 Å². The van der Waals surface area contributed by atoms with E-state index in [-0.39, 0.29) is 6.42 Å². The quantitative estimate of drug-likeness (QED) is 0.261. The summed E-state index contributed by atoms with van der Waals surface area (Å²) in [4.78, 5) is 49.9. The average molecular weight is 509 g/mol. The predicted octanol–water partition coefficient (Wildman–Crippen LogP) is 2.00. The molecule has 3 fully saturated rings. The van der Waals surface area contributed by atoms with Gasteiger partial charge in [-0.3, -0.25) is 14.4 Å². The van der Waals surface area contributed by atoms with Gasteiger partial charge in [-0.25, -0.2) is 4.79 Å². The van der Waals surface area contributed by atoms with Crippen molar-refractivity contribution < 1.29 is 48.0 Å². The number of aliphatic hydroxyl groups excluding tert-OH is 1. The number of fused-ring (bicyclic) bond motifs is 1. The molecule has 0 aromatic carbocycles. The van der Waals surface area contributed by atoms with Gasteiger partial charge in [-0.15, -0.1) is 0 Å². The third-order valence-corrected chi connectivity index (χ3v) is 8.75. The molecule has 0 aromatic heterocycles. The molecule has 36 heavy (non-hydrogen) atoms. The number of hydrogen-bond donors (Lipinski definition) is 1. The fraction of sp³-hybridized carbons (Fsp3) is 0.769. The van der Waals surface area contributed by atoms with Crippen LogP contribution < -0.4 is 0 Å². The van der Waals surface area contributed by atoms with Gasteiger partial charge in [0.15, 0.2) is 17.3 Å². The standard InChI is InChI=1S/C26H36O10/c1-12-8-9-18(32-14(3)27)24(6)19(33-15(4)28)11-17(30)13(2)21(24)22(34-16(5)29)26-20(10-12)35-23(31)25(26,7)36-26/h10,13,17-22,30H,8-9,11H2,1-7H3/b12-10-/t13-,17+,18-,19-,20-,21+,22-,24-,25-,26-/m0/s1. The number of aliphatic hydroxyl groups is 1. The van der Waals surface area contributed by atoms with Gasteiger partial charge in [0.25, 0.3) is 0 Å². The number of rotatable bonds is 3. The van der Waals surface area contributed by atoms with Gasteiger partial charge in [0.1, 0.15) is 18.3 Å². The van der Waals surface area contributed by atoms with Crippen molar-refractivity contribution in [2.45, 2.75) is 109 Å². The first-order valence-electron chi connectivity index (χ1n) is 12.5. The molecule has 0 bridgehead atoms. The lowest BCUT2D eigenvalue weighted by molar-refractivity contribution is -0.231. The lowest BCUT2D eigenvalue weighted by Crippen LogP contribution is -2.66. The smallest absolute Gasteiger partial charge is 0.342 e. The second-order valence-corrected chi connectivity index (χ2v) is 11.1. The van der Waals surface area contributed by atoms with Gasteiger partial charge in [-0.2, -0.15) is 0 Å². The first-order chi connectivity index (χ1) is 16.7. The SMILES string of the molecule is CC(=O)O[C@H]1CC/C(C)=C\[C@@H]2OC(=O)[C@]3(C)O[C@]23[C@@H](OC(C)=O)[C@H]2[C@@H](C)[C@H](O)C[C@H](OC(C)=O)[C@@]21C. The summed E-state index contributed by atoms with van der Waals surface area (Å²) in [5, 5.41) is 11.1. The molecule has 4 aliphatic rings. The molecule has 2 saturated heterocycles. The minimum atomic E-state index is -1.37. The van der Waals surface area contributed by atoms with Crippen LogP contribution in [0.5, 0.6) is 0 Å². The van der Waals surface area contributed by atoms with Crippen LogP contribution in [-0.4, -0.2) is 70.7 Å². The normalized spacial score (nSPS) is 47.1. The molecule has 200 valence electrons. The molecule has 0 unspecified atom stereocenters. The van der Waals surface area contributed by atoms with Gasteiger partial charge in [-0.05, 0) is 38.7 Å². The van der Waals surface area contributed by atoms with Gasteiger partial charge >= 0.3 is 23.9 Å². The number of carbonyl (C=O) groups is 4. The second-order valence-electron chi connectivity index (χ2n) is 11.1. The number of carbonyl (C=O) groups excluding carboxylic acids is 4. The highest BCUT2D eigenvalue weighted by molar-refractivity contribution is 5.89. The van der Waals surface area contributed by atoms with Gasteiger partial charge < -0.3 is 28.8 Å². The maximum absolute atomic E-state index is 12.9. The molecule has 0 aromatic rings. The minimum Gasteiger partial charge on any atom is -0.462 e. The van der Waals surface area contributed by atoms with Crippen molar-refractivity contribution in [1.82, 2.24) is 0 Å². The Morgan fingerprint density at radius 3 is 2.17 bits per heavy atom. The zero-order chi connectivity index (χ0) is 26.8. The first kappa shape index (κ1) is 26.6. The van der Waals surface area contributed by atoms with Crippen LogP contribution in [0.3, 0.4) is 0 Å². The molecule has 1 N–H and O–H groups in total. The summed E-state index contributed by atoms with van der Waals surface area (Å²) < 4.78 is 29.5. The molecule has 4 rings (SSSR count). The molecule has 0 radical (unpaired) electrons. The Hall–Kier alpha value is -2.46.